The van der Waals surface area contributed by atoms with Gasteiger partial charge in [0.1, 0.15) is 22.7 Å². The first-order chi connectivity index (χ1) is 15.8. The SMILES string of the molecule is Cc1cc(=O)oc2c3c(cc(OCC(=O)NCc4ccc5c(c4)OCO5)c12)OC(C)(C)CC3. The van der Waals surface area contributed by atoms with Crippen LogP contribution in [0.4, 0.5) is 0 Å². The van der Waals surface area contributed by atoms with Gasteiger partial charge in [0.15, 0.2) is 18.1 Å². The number of fused-ring (bicyclic) bond motifs is 4. The second-order valence-electron chi connectivity index (χ2n) is 8.92. The maximum atomic E-state index is 12.5. The lowest BCUT2D eigenvalue weighted by Crippen LogP contribution is -2.33. The number of hydrogen-bond donors (Lipinski definition) is 1. The molecule has 172 valence electrons. The highest BCUT2D eigenvalue weighted by molar-refractivity contribution is 5.91. The van der Waals surface area contributed by atoms with Crippen molar-refractivity contribution in [3.63, 3.8) is 0 Å². The van der Waals surface area contributed by atoms with E-state index >= 15 is 0 Å². The average molecular weight is 451 g/mol. The van der Waals surface area contributed by atoms with Gasteiger partial charge in [-0.1, -0.05) is 6.07 Å². The van der Waals surface area contributed by atoms with Gasteiger partial charge in [-0.2, -0.15) is 0 Å². The molecule has 0 atom stereocenters. The molecule has 0 radical (unpaired) electrons. The smallest absolute Gasteiger partial charge is 0.336 e. The summed E-state index contributed by atoms with van der Waals surface area (Å²) in [5.41, 5.74) is 2.16. The molecular weight excluding hydrogens is 426 g/mol. The highest BCUT2D eigenvalue weighted by Gasteiger charge is 2.30. The molecule has 1 aromatic heterocycles. The van der Waals surface area contributed by atoms with Gasteiger partial charge in [0.2, 0.25) is 6.79 Å². The summed E-state index contributed by atoms with van der Waals surface area (Å²) in [5, 5.41) is 3.52. The van der Waals surface area contributed by atoms with Crippen molar-refractivity contribution < 1.29 is 28.2 Å². The largest absolute Gasteiger partial charge is 0.487 e. The van der Waals surface area contributed by atoms with Gasteiger partial charge in [0, 0.05) is 24.2 Å². The topological polar surface area (TPSA) is 96.2 Å². The lowest BCUT2D eigenvalue weighted by molar-refractivity contribution is -0.123. The van der Waals surface area contributed by atoms with E-state index in [0.717, 1.165) is 29.5 Å². The summed E-state index contributed by atoms with van der Waals surface area (Å²) in [6, 6.07) is 8.74. The number of amides is 1. The monoisotopic (exact) mass is 451 g/mol. The zero-order valence-corrected chi connectivity index (χ0v) is 18.8. The molecule has 3 aromatic rings. The van der Waals surface area contributed by atoms with E-state index in [4.69, 9.17) is 23.4 Å². The maximum absolute atomic E-state index is 12.5. The Morgan fingerprint density at radius 2 is 1.94 bits per heavy atom. The summed E-state index contributed by atoms with van der Waals surface area (Å²) in [6.07, 6.45) is 1.52. The summed E-state index contributed by atoms with van der Waals surface area (Å²) in [4.78, 5) is 24.5. The molecule has 2 aliphatic rings. The molecule has 0 aliphatic carbocycles. The molecule has 0 saturated carbocycles. The number of benzene rings is 2. The number of hydrogen-bond acceptors (Lipinski definition) is 7. The van der Waals surface area contributed by atoms with E-state index in [1.54, 1.807) is 6.07 Å². The molecule has 5 rings (SSSR count). The first kappa shape index (κ1) is 21.2. The van der Waals surface area contributed by atoms with Crippen molar-refractivity contribution in [2.45, 2.75) is 45.8 Å². The Labute approximate surface area is 190 Å². The van der Waals surface area contributed by atoms with Crippen LogP contribution in [0.25, 0.3) is 11.0 Å². The number of carbonyl (C=O) groups is 1. The Morgan fingerprint density at radius 3 is 2.79 bits per heavy atom. The summed E-state index contributed by atoms with van der Waals surface area (Å²) in [7, 11) is 0. The predicted molar refractivity (Wildman–Crippen MR) is 120 cm³/mol. The van der Waals surface area contributed by atoms with E-state index in [9.17, 15) is 9.59 Å². The van der Waals surface area contributed by atoms with Crippen molar-refractivity contribution in [2.24, 2.45) is 0 Å². The van der Waals surface area contributed by atoms with Gasteiger partial charge in [-0.15, -0.1) is 0 Å². The molecule has 2 aromatic carbocycles. The normalized spacial score (nSPS) is 15.6. The Bertz CT molecular complexity index is 1310. The Balaban J connectivity index is 1.35. The van der Waals surface area contributed by atoms with Gasteiger partial charge < -0.3 is 28.7 Å². The van der Waals surface area contributed by atoms with Gasteiger partial charge in [-0.25, -0.2) is 4.79 Å². The van der Waals surface area contributed by atoms with Crippen molar-refractivity contribution in [2.75, 3.05) is 13.4 Å². The summed E-state index contributed by atoms with van der Waals surface area (Å²) in [5.74, 6) is 2.14. The molecule has 2 aliphatic heterocycles. The predicted octanol–water partition coefficient (Wildman–Crippen LogP) is 3.63. The van der Waals surface area contributed by atoms with Gasteiger partial charge in [-0.3, -0.25) is 4.79 Å². The molecule has 0 bridgehead atoms. The van der Waals surface area contributed by atoms with E-state index in [-0.39, 0.29) is 24.9 Å². The van der Waals surface area contributed by atoms with Crippen molar-refractivity contribution in [1.29, 1.82) is 0 Å². The highest BCUT2D eigenvalue weighted by Crippen LogP contribution is 2.42. The molecule has 0 spiro atoms. The highest BCUT2D eigenvalue weighted by atomic mass is 16.7. The average Bonchev–Trinajstić information content (AvgIpc) is 3.22. The molecule has 1 amide bonds. The van der Waals surface area contributed by atoms with Gasteiger partial charge >= 0.3 is 5.63 Å². The van der Waals surface area contributed by atoms with Crippen molar-refractivity contribution in [3.05, 3.63) is 57.4 Å². The van der Waals surface area contributed by atoms with Crippen LogP contribution in [-0.2, 0) is 17.8 Å². The minimum atomic E-state index is -0.425. The fourth-order valence-corrected chi connectivity index (χ4v) is 4.18. The lowest BCUT2D eigenvalue weighted by atomic mass is 9.92. The lowest BCUT2D eigenvalue weighted by Gasteiger charge is -2.33. The number of rotatable bonds is 5. The van der Waals surface area contributed by atoms with Crippen LogP contribution in [0.2, 0.25) is 0 Å². The van der Waals surface area contributed by atoms with Gasteiger partial charge in [-0.05, 0) is 56.9 Å². The molecule has 0 fully saturated rings. The molecule has 33 heavy (non-hydrogen) atoms. The molecular formula is C25H25NO7. The van der Waals surface area contributed by atoms with Crippen molar-refractivity contribution >= 4 is 16.9 Å². The third-order valence-corrected chi connectivity index (χ3v) is 5.89. The second kappa shape index (κ2) is 8.03. The molecule has 3 heterocycles. The van der Waals surface area contributed by atoms with E-state index in [0.29, 0.717) is 40.5 Å². The van der Waals surface area contributed by atoms with Crippen LogP contribution < -0.4 is 29.9 Å². The molecule has 0 unspecified atom stereocenters. The van der Waals surface area contributed by atoms with E-state index in [1.807, 2.05) is 39.0 Å². The minimum absolute atomic E-state index is 0.194. The van der Waals surface area contributed by atoms with Gasteiger partial charge in [0.25, 0.3) is 5.91 Å². The first-order valence-corrected chi connectivity index (χ1v) is 10.9. The Morgan fingerprint density at radius 1 is 1.12 bits per heavy atom. The number of ether oxygens (including phenoxy) is 4. The zero-order valence-electron chi connectivity index (χ0n) is 18.8. The number of carbonyl (C=O) groups excluding carboxylic acids is 1. The van der Waals surface area contributed by atoms with E-state index in [2.05, 4.69) is 5.32 Å². The number of aryl methyl sites for hydroxylation is 2. The molecule has 8 nitrogen and oxygen atoms in total. The fraction of sp³-hybridized carbons (Fsp3) is 0.360. The summed E-state index contributed by atoms with van der Waals surface area (Å²) in [6.45, 7) is 6.18. The second-order valence-corrected chi connectivity index (χ2v) is 8.92. The van der Waals surface area contributed by atoms with Crippen LogP contribution in [-0.4, -0.2) is 24.9 Å². The quantitative estimate of drug-likeness (QED) is 0.592. The van der Waals surface area contributed by atoms with Crippen LogP contribution in [0, 0.1) is 6.92 Å². The minimum Gasteiger partial charge on any atom is -0.487 e. The van der Waals surface area contributed by atoms with Crippen LogP contribution in [0.1, 0.15) is 37.0 Å². The molecule has 0 saturated heterocycles. The third kappa shape index (κ3) is 4.20. The van der Waals surface area contributed by atoms with Crippen LogP contribution in [0.5, 0.6) is 23.0 Å². The molecule has 1 N–H and O–H groups in total. The van der Waals surface area contributed by atoms with E-state index < -0.39 is 5.63 Å². The summed E-state index contributed by atoms with van der Waals surface area (Å²) >= 11 is 0. The van der Waals surface area contributed by atoms with Crippen LogP contribution in [0.3, 0.4) is 0 Å². The standard InChI is InChI=1S/C25H25NO7/c1-14-8-22(28)32-24-16-6-7-25(2,3)33-18(16)10-20(23(14)24)29-12-21(27)26-11-15-4-5-17-19(9-15)31-13-30-17/h4-5,8-10H,6-7,11-13H2,1-3H3,(H,26,27). The van der Waals surface area contributed by atoms with Crippen LogP contribution in [0.15, 0.2) is 39.5 Å². The van der Waals surface area contributed by atoms with Crippen LogP contribution >= 0.6 is 0 Å². The van der Waals surface area contributed by atoms with Gasteiger partial charge in [0.05, 0.1) is 5.39 Å². The first-order valence-electron chi connectivity index (χ1n) is 10.9. The van der Waals surface area contributed by atoms with E-state index in [1.165, 1.54) is 6.07 Å². The maximum Gasteiger partial charge on any atom is 0.336 e. The van der Waals surface area contributed by atoms with Crippen molar-refractivity contribution in [1.82, 2.24) is 5.32 Å². The third-order valence-electron chi connectivity index (χ3n) is 5.89. The van der Waals surface area contributed by atoms with Crippen molar-refractivity contribution in [3.8, 4) is 23.0 Å². The zero-order chi connectivity index (χ0) is 23.2. The number of nitrogens with one attached hydrogen (secondary N) is 1. The fourth-order valence-electron chi connectivity index (χ4n) is 4.18. The Hall–Kier alpha value is -3.68. The summed E-state index contributed by atoms with van der Waals surface area (Å²) < 4.78 is 28.3. The molecule has 8 heteroatoms. The Kier molecular flexibility index (Phi) is 5.15.